The van der Waals surface area contributed by atoms with Crippen LogP contribution in [0.1, 0.15) is 0 Å². The average Bonchev–Trinajstić information content (AvgIpc) is 2.37. The highest BCUT2D eigenvalue weighted by Gasteiger charge is 2.10. The fraction of sp³-hybridized carbons (Fsp3) is 0.0909. The van der Waals surface area contributed by atoms with Gasteiger partial charge in [0.2, 0.25) is 5.95 Å². The summed E-state index contributed by atoms with van der Waals surface area (Å²) in [6.07, 6.45) is 1.57. The molecule has 2 aromatic rings. The van der Waals surface area contributed by atoms with Crippen LogP contribution in [0.2, 0.25) is 5.02 Å². The van der Waals surface area contributed by atoms with Crippen molar-refractivity contribution in [3.63, 3.8) is 0 Å². The van der Waals surface area contributed by atoms with Crippen LogP contribution in [-0.4, -0.2) is 17.0 Å². The minimum absolute atomic E-state index is 0.0546. The lowest BCUT2D eigenvalue weighted by atomic mass is 10.3. The lowest BCUT2D eigenvalue weighted by Gasteiger charge is -2.10. The summed E-state index contributed by atoms with van der Waals surface area (Å²) in [6, 6.07) is 4.72. The molecule has 18 heavy (non-hydrogen) atoms. The van der Waals surface area contributed by atoms with Crippen molar-refractivity contribution in [1.29, 1.82) is 0 Å². The van der Waals surface area contributed by atoms with Crippen LogP contribution in [0.3, 0.4) is 0 Å². The van der Waals surface area contributed by atoms with Crippen molar-refractivity contribution < 1.29 is 4.39 Å². The third kappa shape index (κ3) is 2.70. The quantitative estimate of drug-likeness (QED) is 0.898. The van der Waals surface area contributed by atoms with Gasteiger partial charge < -0.3 is 10.6 Å². The van der Waals surface area contributed by atoms with Crippen molar-refractivity contribution in [2.45, 2.75) is 0 Å². The van der Waals surface area contributed by atoms with E-state index < -0.39 is 5.82 Å². The minimum Gasteiger partial charge on any atom is -0.357 e. The van der Waals surface area contributed by atoms with Crippen LogP contribution in [-0.2, 0) is 0 Å². The van der Waals surface area contributed by atoms with Crippen LogP contribution >= 0.6 is 27.5 Å². The molecule has 0 spiro atoms. The number of rotatable bonds is 3. The Balaban J connectivity index is 2.36. The molecule has 0 fully saturated rings. The Morgan fingerprint density at radius 1 is 1.39 bits per heavy atom. The molecular weight excluding hydrogens is 323 g/mol. The average molecular weight is 332 g/mol. The SMILES string of the molecule is CNc1ncc(Br)c(Nc2cccc(Cl)c2F)n1. The molecule has 0 aliphatic carbocycles. The highest BCUT2D eigenvalue weighted by atomic mass is 79.9. The maximum atomic E-state index is 13.7. The number of nitrogens with one attached hydrogen (secondary N) is 2. The predicted molar refractivity (Wildman–Crippen MR) is 74.0 cm³/mol. The van der Waals surface area contributed by atoms with Gasteiger partial charge in [-0.2, -0.15) is 4.98 Å². The summed E-state index contributed by atoms with van der Waals surface area (Å²) in [7, 11) is 1.70. The number of hydrogen-bond acceptors (Lipinski definition) is 4. The van der Waals surface area contributed by atoms with Crippen LogP contribution in [0.4, 0.5) is 21.8 Å². The standard InChI is InChI=1S/C11H9BrClFN4/c1-15-11-16-5-6(12)10(18-11)17-8-4-2-3-7(13)9(8)14/h2-5H,1H3,(H2,15,16,17,18). The summed E-state index contributed by atoms with van der Waals surface area (Å²) >= 11 is 9.00. The van der Waals surface area contributed by atoms with Gasteiger partial charge >= 0.3 is 0 Å². The maximum Gasteiger partial charge on any atom is 0.224 e. The second-order valence-corrected chi connectivity index (χ2v) is 4.63. The Bertz CT molecular complexity index is 579. The molecule has 0 atom stereocenters. The van der Waals surface area contributed by atoms with Crippen LogP contribution in [0.25, 0.3) is 0 Å². The predicted octanol–water partition coefficient (Wildman–Crippen LogP) is 3.82. The molecule has 4 nitrogen and oxygen atoms in total. The van der Waals surface area contributed by atoms with E-state index in [-0.39, 0.29) is 10.7 Å². The number of hydrogen-bond donors (Lipinski definition) is 2. The van der Waals surface area contributed by atoms with Gasteiger partial charge in [-0.05, 0) is 28.1 Å². The molecule has 0 bridgehead atoms. The zero-order valence-corrected chi connectivity index (χ0v) is 11.7. The van der Waals surface area contributed by atoms with Crippen molar-refractivity contribution >= 4 is 45.0 Å². The van der Waals surface area contributed by atoms with Gasteiger partial charge in [-0.1, -0.05) is 17.7 Å². The van der Waals surface area contributed by atoms with Crippen LogP contribution < -0.4 is 10.6 Å². The van der Waals surface area contributed by atoms with Gasteiger partial charge in [0, 0.05) is 13.2 Å². The summed E-state index contributed by atoms with van der Waals surface area (Å²) in [4.78, 5) is 8.18. The zero-order valence-electron chi connectivity index (χ0n) is 9.34. The molecule has 1 heterocycles. The maximum absolute atomic E-state index is 13.7. The van der Waals surface area contributed by atoms with Crippen LogP contribution in [0.5, 0.6) is 0 Å². The Hall–Kier alpha value is -1.40. The van der Waals surface area contributed by atoms with E-state index in [2.05, 4.69) is 36.5 Å². The lowest BCUT2D eigenvalue weighted by molar-refractivity contribution is 0.632. The Morgan fingerprint density at radius 3 is 2.89 bits per heavy atom. The number of benzene rings is 1. The van der Waals surface area contributed by atoms with Gasteiger partial charge in [-0.25, -0.2) is 9.37 Å². The Kier molecular flexibility index (Phi) is 3.98. The van der Waals surface area contributed by atoms with E-state index in [1.807, 2.05) is 0 Å². The van der Waals surface area contributed by atoms with E-state index in [9.17, 15) is 4.39 Å². The topological polar surface area (TPSA) is 49.8 Å². The highest BCUT2D eigenvalue weighted by molar-refractivity contribution is 9.10. The van der Waals surface area contributed by atoms with Crippen molar-refractivity contribution in [3.8, 4) is 0 Å². The highest BCUT2D eigenvalue weighted by Crippen LogP contribution is 2.28. The van der Waals surface area contributed by atoms with Gasteiger partial charge in [-0.15, -0.1) is 0 Å². The zero-order chi connectivity index (χ0) is 13.1. The molecule has 1 aromatic carbocycles. The van der Waals surface area contributed by atoms with Gasteiger partial charge in [-0.3, -0.25) is 0 Å². The van der Waals surface area contributed by atoms with Crippen molar-refractivity contribution in [3.05, 3.63) is 39.7 Å². The van der Waals surface area contributed by atoms with E-state index in [0.29, 0.717) is 16.2 Å². The first-order chi connectivity index (χ1) is 8.61. The van der Waals surface area contributed by atoms with Crippen molar-refractivity contribution in [1.82, 2.24) is 9.97 Å². The fourth-order valence-electron chi connectivity index (χ4n) is 1.30. The van der Waals surface area contributed by atoms with Gasteiger partial charge in [0.25, 0.3) is 0 Å². The molecular formula is C11H9BrClFN4. The first kappa shape index (κ1) is 13.0. The molecule has 0 aliphatic rings. The van der Waals surface area contributed by atoms with Gasteiger partial charge in [0.15, 0.2) is 5.82 Å². The Morgan fingerprint density at radius 2 is 2.17 bits per heavy atom. The van der Waals surface area contributed by atoms with E-state index in [4.69, 9.17) is 11.6 Å². The minimum atomic E-state index is -0.518. The first-order valence-electron chi connectivity index (χ1n) is 5.03. The molecule has 7 heteroatoms. The third-order valence-electron chi connectivity index (χ3n) is 2.17. The molecule has 1 aromatic heterocycles. The molecule has 0 saturated carbocycles. The molecule has 2 N–H and O–H groups in total. The monoisotopic (exact) mass is 330 g/mol. The molecule has 0 aliphatic heterocycles. The molecule has 94 valence electrons. The third-order valence-corrected chi connectivity index (χ3v) is 3.04. The fourth-order valence-corrected chi connectivity index (χ4v) is 1.77. The molecule has 0 amide bonds. The number of aromatic nitrogens is 2. The number of halogens is 3. The van der Waals surface area contributed by atoms with E-state index in [1.54, 1.807) is 25.4 Å². The van der Waals surface area contributed by atoms with E-state index >= 15 is 0 Å². The van der Waals surface area contributed by atoms with E-state index in [0.717, 1.165) is 0 Å². The van der Waals surface area contributed by atoms with Crippen molar-refractivity contribution in [2.75, 3.05) is 17.7 Å². The second-order valence-electron chi connectivity index (χ2n) is 3.37. The number of anilines is 3. The molecule has 0 unspecified atom stereocenters. The summed E-state index contributed by atoms with van der Waals surface area (Å²) < 4.78 is 14.4. The van der Waals surface area contributed by atoms with Gasteiger partial charge in [0.05, 0.1) is 15.2 Å². The van der Waals surface area contributed by atoms with E-state index in [1.165, 1.54) is 6.07 Å². The first-order valence-corrected chi connectivity index (χ1v) is 6.20. The van der Waals surface area contributed by atoms with Crippen LogP contribution in [0.15, 0.2) is 28.9 Å². The molecule has 0 radical (unpaired) electrons. The smallest absolute Gasteiger partial charge is 0.224 e. The van der Waals surface area contributed by atoms with Crippen molar-refractivity contribution in [2.24, 2.45) is 0 Å². The van der Waals surface area contributed by atoms with Crippen LogP contribution in [0, 0.1) is 5.82 Å². The summed E-state index contributed by atoms with van der Waals surface area (Å²) in [6.45, 7) is 0. The largest absolute Gasteiger partial charge is 0.357 e. The lowest BCUT2D eigenvalue weighted by Crippen LogP contribution is -2.02. The Labute approximate surface area is 117 Å². The van der Waals surface area contributed by atoms with Gasteiger partial charge in [0.1, 0.15) is 5.82 Å². The molecule has 2 rings (SSSR count). The molecule has 0 saturated heterocycles. The second kappa shape index (κ2) is 5.49. The summed E-state index contributed by atoms with van der Waals surface area (Å²) in [5.41, 5.74) is 0.254. The normalized spacial score (nSPS) is 10.2. The summed E-state index contributed by atoms with van der Waals surface area (Å²) in [5.74, 6) is 0.370. The summed E-state index contributed by atoms with van der Waals surface area (Å²) in [5, 5.41) is 5.72. The number of nitrogens with zero attached hydrogens (tertiary/aromatic N) is 2.